The molecule has 1 aliphatic rings. The van der Waals surface area contributed by atoms with Crippen LogP contribution in [-0.4, -0.2) is 52.5 Å². The number of rotatable bonds is 7. The predicted octanol–water partition coefficient (Wildman–Crippen LogP) is 3.18. The Hall–Kier alpha value is -4.15. The van der Waals surface area contributed by atoms with E-state index in [1.54, 1.807) is 23.9 Å². The smallest absolute Gasteiger partial charge is 0.339 e. The number of ether oxygens (including phenoxy) is 2. The molecule has 0 saturated heterocycles. The van der Waals surface area contributed by atoms with Gasteiger partial charge in [-0.05, 0) is 46.8 Å². The predicted molar refractivity (Wildman–Crippen MR) is 126 cm³/mol. The SMILES string of the molecule is CCOC(=O)C1=C(COC(=O)c2cc(-c3cc(C)oc3C)nc3c2cnn3C(C)C)NC(=O)NC1. The van der Waals surface area contributed by atoms with E-state index in [1.165, 1.54) is 0 Å². The van der Waals surface area contributed by atoms with Gasteiger partial charge < -0.3 is 24.5 Å². The number of amides is 2. The van der Waals surface area contributed by atoms with Crippen molar-refractivity contribution in [3.8, 4) is 11.3 Å². The molecule has 3 aromatic heterocycles. The quantitative estimate of drug-likeness (QED) is 0.491. The fourth-order valence-electron chi connectivity index (χ4n) is 3.87. The maximum absolute atomic E-state index is 13.3. The Morgan fingerprint density at radius 3 is 2.63 bits per heavy atom. The molecule has 11 nitrogen and oxygen atoms in total. The van der Waals surface area contributed by atoms with Gasteiger partial charge >= 0.3 is 18.0 Å². The highest BCUT2D eigenvalue weighted by molar-refractivity contribution is 6.04. The zero-order valence-electron chi connectivity index (χ0n) is 20.2. The monoisotopic (exact) mass is 481 g/mol. The van der Waals surface area contributed by atoms with E-state index < -0.39 is 18.0 Å². The molecule has 0 atom stereocenters. The Balaban J connectivity index is 1.72. The van der Waals surface area contributed by atoms with E-state index in [4.69, 9.17) is 18.9 Å². The van der Waals surface area contributed by atoms with E-state index in [-0.39, 0.29) is 42.6 Å². The molecule has 0 aromatic carbocycles. The molecular formula is C24H27N5O6. The van der Waals surface area contributed by atoms with E-state index in [0.717, 1.165) is 11.3 Å². The van der Waals surface area contributed by atoms with Gasteiger partial charge in [-0.3, -0.25) is 0 Å². The average Bonchev–Trinajstić information content (AvgIpc) is 3.39. The number of nitrogens with one attached hydrogen (secondary N) is 2. The van der Waals surface area contributed by atoms with Crippen LogP contribution in [0.2, 0.25) is 0 Å². The number of furan rings is 1. The van der Waals surface area contributed by atoms with Crippen LogP contribution in [0, 0.1) is 13.8 Å². The summed E-state index contributed by atoms with van der Waals surface area (Å²) in [4.78, 5) is 42.1. The van der Waals surface area contributed by atoms with Crippen LogP contribution in [0.5, 0.6) is 0 Å². The Kier molecular flexibility index (Phi) is 6.59. The molecule has 4 heterocycles. The molecule has 1 aliphatic heterocycles. The largest absolute Gasteiger partial charge is 0.466 e. The van der Waals surface area contributed by atoms with Gasteiger partial charge in [-0.1, -0.05) is 0 Å². The highest BCUT2D eigenvalue weighted by Gasteiger charge is 2.26. The van der Waals surface area contributed by atoms with Gasteiger partial charge in [0.05, 0.1) is 47.3 Å². The second-order valence-electron chi connectivity index (χ2n) is 8.36. The minimum absolute atomic E-state index is 0.00791. The van der Waals surface area contributed by atoms with E-state index in [0.29, 0.717) is 22.5 Å². The summed E-state index contributed by atoms with van der Waals surface area (Å²) in [7, 11) is 0. The van der Waals surface area contributed by atoms with Gasteiger partial charge in [-0.25, -0.2) is 24.0 Å². The third kappa shape index (κ3) is 4.75. The van der Waals surface area contributed by atoms with Crippen LogP contribution in [0.1, 0.15) is 48.7 Å². The molecular weight excluding hydrogens is 454 g/mol. The van der Waals surface area contributed by atoms with Crippen molar-refractivity contribution in [2.45, 2.75) is 40.7 Å². The molecule has 0 unspecified atom stereocenters. The fourth-order valence-corrected chi connectivity index (χ4v) is 3.87. The molecule has 184 valence electrons. The number of hydrogen-bond acceptors (Lipinski definition) is 8. The topological polar surface area (TPSA) is 138 Å². The second-order valence-corrected chi connectivity index (χ2v) is 8.36. The van der Waals surface area contributed by atoms with Crippen LogP contribution in [0.25, 0.3) is 22.3 Å². The highest BCUT2D eigenvalue weighted by atomic mass is 16.5. The summed E-state index contributed by atoms with van der Waals surface area (Å²) in [5.41, 5.74) is 2.45. The van der Waals surface area contributed by atoms with Crippen LogP contribution in [0.15, 0.2) is 34.0 Å². The van der Waals surface area contributed by atoms with Gasteiger partial charge in [-0.15, -0.1) is 0 Å². The molecule has 4 rings (SSSR count). The van der Waals surface area contributed by atoms with Crippen LogP contribution < -0.4 is 10.6 Å². The Morgan fingerprint density at radius 1 is 1.20 bits per heavy atom. The van der Waals surface area contributed by atoms with Gasteiger partial charge in [0.25, 0.3) is 0 Å². The van der Waals surface area contributed by atoms with Crippen LogP contribution in [-0.2, 0) is 14.3 Å². The van der Waals surface area contributed by atoms with Crippen molar-refractivity contribution in [3.05, 3.63) is 46.7 Å². The molecule has 2 N–H and O–H groups in total. The number of carbonyl (C=O) groups excluding carboxylic acids is 3. The van der Waals surface area contributed by atoms with Crippen molar-refractivity contribution in [1.82, 2.24) is 25.4 Å². The van der Waals surface area contributed by atoms with E-state index in [2.05, 4.69) is 15.7 Å². The van der Waals surface area contributed by atoms with Gasteiger partial charge in [0.1, 0.15) is 18.1 Å². The van der Waals surface area contributed by atoms with Crippen molar-refractivity contribution in [3.63, 3.8) is 0 Å². The minimum atomic E-state index is -0.650. The van der Waals surface area contributed by atoms with Crippen molar-refractivity contribution in [2.75, 3.05) is 19.8 Å². The molecule has 11 heteroatoms. The third-order valence-corrected chi connectivity index (χ3v) is 5.52. The van der Waals surface area contributed by atoms with Gasteiger partial charge in [0.2, 0.25) is 0 Å². The lowest BCUT2D eigenvalue weighted by molar-refractivity contribution is -0.138. The number of pyridine rings is 1. The summed E-state index contributed by atoms with van der Waals surface area (Å²) in [6.45, 7) is 9.11. The number of aromatic nitrogens is 3. The lowest BCUT2D eigenvalue weighted by Crippen LogP contribution is -2.45. The maximum atomic E-state index is 13.3. The van der Waals surface area contributed by atoms with E-state index in [9.17, 15) is 14.4 Å². The van der Waals surface area contributed by atoms with Crippen LogP contribution >= 0.6 is 0 Å². The first kappa shape index (κ1) is 24.0. The summed E-state index contributed by atoms with van der Waals surface area (Å²) < 4.78 is 18.0. The summed E-state index contributed by atoms with van der Waals surface area (Å²) in [5, 5.41) is 9.97. The van der Waals surface area contributed by atoms with E-state index >= 15 is 0 Å². The zero-order valence-corrected chi connectivity index (χ0v) is 20.2. The first-order chi connectivity index (χ1) is 16.7. The summed E-state index contributed by atoms with van der Waals surface area (Å²) in [6.07, 6.45) is 1.58. The zero-order chi connectivity index (χ0) is 25.3. The standard InChI is InChI=1S/C24H27N5O6/c1-6-33-23(31)18-9-25-24(32)28-20(18)11-34-22(30)16-8-19(15-7-13(4)35-14(15)5)27-21-17(16)10-26-29(21)12(2)3/h7-8,10,12H,6,9,11H2,1-5H3,(H2,25,28,32). The number of nitrogens with zero attached hydrogens (tertiary/aromatic N) is 3. The Labute approximate surface area is 201 Å². The molecule has 0 fully saturated rings. The fraction of sp³-hybridized carbons (Fsp3) is 0.375. The van der Waals surface area contributed by atoms with Crippen LogP contribution in [0.4, 0.5) is 4.79 Å². The number of urea groups is 1. The lowest BCUT2D eigenvalue weighted by atomic mass is 10.1. The Morgan fingerprint density at radius 2 is 1.97 bits per heavy atom. The number of fused-ring (bicyclic) bond motifs is 1. The van der Waals surface area contributed by atoms with E-state index in [1.807, 2.05) is 33.8 Å². The number of aryl methyl sites for hydroxylation is 2. The Bertz CT molecular complexity index is 1350. The minimum Gasteiger partial charge on any atom is -0.466 e. The molecule has 0 radical (unpaired) electrons. The van der Waals surface area contributed by atoms with Gasteiger partial charge in [0.15, 0.2) is 5.65 Å². The number of esters is 2. The van der Waals surface area contributed by atoms with Crippen molar-refractivity contribution >= 4 is 29.0 Å². The average molecular weight is 482 g/mol. The van der Waals surface area contributed by atoms with Crippen molar-refractivity contribution in [1.29, 1.82) is 0 Å². The molecule has 2 amide bonds. The molecule has 0 saturated carbocycles. The number of hydrogen-bond donors (Lipinski definition) is 2. The lowest BCUT2D eigenvalue weighted by Gasteiger charge is -2.21. The summed E-state index contributed by atoms with van der Waals surface area (Å²) in [5.74, 6) is 0.152. The number of carbonyl (C=O) groups is 3. The first-order valence-corrected chi connectivity index (χ1v) is 11.3. The van der Waals surface area contributed by atoms with Crippen LogP contribution in [0.3, 0.4) is 0 Å². The van der Waals surface area contributed by atoms with Gasteiger partial charge in [-0.2, -0.15) is 5.10 Å². The summed E-state index contributed by atoms with van der Waals surface area (Å²) >= 11 is 0. The molecule has 0 aliphatic carbocycles. The molecule has 35 heavy (non-hydrogen) atoms. The molecule has 0 bridgehead atoms. The highest BCUT2D eigenvalue weighted by Crippen LogP contribution is 2.30. The second kappa shape index (κ2) is 9.61. The third-order valence-electron chi connectivity index (χ3n) is 5.52. The first-order valence-electron chi connectivity index (χ1n) is 11.3. The van der Waals surface area contributed by atoms with Crippen molar-refractivity contribution < 1.29 is 28.3 Å². The normalized spacial score (nSPS) is 13.7. The molecule has 3 aromatic rings. The molecule has 0 spiro atoms. The summed E-state index contributed by atoms with van der Waals surface area (Å²) in [6, 6.07) is 3.00. The maximum Gasteiger partial charge on any atom is 0.339 e. The van der Waals surface area contributed by atoms with Crippen molar-refractivity contribution in [2.24, 2.45) is 0 Å². The van der Waals surface area contributed by atoms with Gasteiger partial charge in [0, 0.05) is 11.6 Å².